The third kappa shape index (κ3) is 12.8. The number of aromatic nitrogens is 5. The number of aromatic hydroxyl groups is 6. The predicted molar refractivity (Wildman–Crippen MR) is 309 cm³/mol. The van der Waals surface area contributed by atoms with Crippen molar-refractivity contribution in [3.63, 3.8) is 0 Å². The van der Waals surface area contributed by atoms with Crippen LogP contribution in [0.25, 0.3) is 61.9 Å². The summed E-state index contributed by atoms with van der Waals surface area (Å²) in [7, 11) is 5.36. The zero-order valence-electron chi connectivity index (χ0n) is 45.5. The molecule has 3 aromatic heterocycles. The quantitative estimate of drug-likeness (QED) is 0.0562. The molecule has 4 heterocycles. The van der Waals surface area contributed by atoms with Gasteiger partial charge in [-0.25, -0.2) is 14.5 Å². The van der Waals surface area contributed by atoms with E-state index in [1.165, 1.54) is 28.3 Å². The number of benzene rings is 6. The smallest absolute Gasteiger partial charge is 0.348 e. The molecule has 1 saturated heterocycles. The average Bonchev–Trinajstić information content (AvgIpc) is 4.18. The van der Waals surface area contributed by atoms with Gasteiger partial charge in [0.25, 0.3) is 0 Å². The van der Waals surface area contributed by atoms with E-state index in [1.807, 2.05) is 100 Å². The van der Waals surface area contributed by atoms with Gasteiger partial charge in [-0.15, -0.1) is 5.92 Å². The van der Waals surface area contributed by atoms with Crippen LogP contribution in [-0.2, 0) is 13.0 Å². The molecular formula is C61H62BrN7O11. The first-order valence-electron chi connectivity index (χ1n) is 25.5. The summed E-state index contributed by atoms with van der Waals surface area (Å²) in [6, 6.07) is 31.7. The first-order valence-corrected chi connectivity index (χ1v) is 26.3. The molecule has 7 N–H and O–H groups in total. The number of rotatable bonds is 12. The van der Waals surface area contributed by atoms with Crippen LogP contribution in [0.2, 0.25) is 0 Å². The number of hydrogen-bond donors (Lipinski definition) is 7. The second kappa shape index (κ2) is 25.2. The van der Waals surface area contributed by atoms with Crippen molar-refractivity contribution in [3.8, 4) is 120 Å². The summed E-state index contributed by atoms with van der Waals surface area (Å²) >= 11 is 3.25. The van der Waals surface area contributed by atoms with Crippen LogP contribution in [-0.4, -0.2) is 113 Å². The maximum absolute atomic E-state index is 12.5. The summed E-state index contributed by atoms with van der Waals surface area (Å²) in [6.45, 7) is 14.4. The second-order valence-electron chi connectivity index (χ2n) is 19.3. The molecule has 19 heteroatoms. The summed E-state index contributed by atoms with van der Waals surface area (Å²) < 4.78 is 23.1. The summed E-state index contributed by atoms with van der Waals surface area (Å²) in [6.07, 6.45) is 0.376. The van der Waals surface area contributed by atoms with Crippen LogP contribution in [0.3, 0.4) is 0 Å². The number of nitrogens with one attached hydrogen (secondary N) is 1. The molecule has 0 amide bonds. The summed E-state index contributed by atoms with van der Waals surface area (Å²) in [5.41, 5.74) is 8.61. The Bertz CT molecular complexity index is 3730. The van der Waals surface area contributed by atoms with E-state index in [2.05, 4.69) is 65.1 Å². The Labute approximate surface area is 470 Å². The van der Waals surface area contributed by atoms with E-state index < -0.39 is 0 Å². The molecule has 0 aliphatic carbocycles. The SMILES string of the molecule is CC#CCc1cc(-c2onc(C)c2-c2ccc(OC)cc2)c(O)cc1O.CC(C)c1cc(-c2n[nH]c(=O)n2-c2ccc(CN3CCN(C)CC3)cc2)c(O)cc1O.COc1ccc(-c2c(-c3cc(Br)c(O)cc3O)noc2C)cc1. The minimum atomic E-state index is -0.389. The molecule has 414 valence electrons. The predicted octanol–water partition coefficient (Wildman–Crippen LogP) is 11.3. The van der Waals surface area contributed by atoms with Gasteiger partial charge in [0.15, 0.2) is 11.6 Å². The van der Waals surface area contributed by atoms with Crippen LogP contribution in [0.15, 0.2) is 128 Å². The lowest BCUT2D eigenvalue weighted by Crippen LogP contribution is -2.43. The van der Waals surface area contributed by atoms with E-state index in [-0.39, 0.29) is 46.1 Å². The van der Waals surface area contributed by atoms with Gasteiger partial charge in [0.2, 0.25) is 0 Å². The standard InChI is InChI=1S/C23H29N5O3.C21H19NO4.C17H14BrNO4/c1-15(2)18-12-19(21(30)13-20(18)29)22-24-25-23(31)28(22)17-6-4-16(5-7-17)14-27-10-8-26(3)9-11-27;1-4-5-6-15-11-17(19(24)12-18(15)23)21-20(13(2)22-26-21)14-7-9-16(25-3)10-8-14;1-9-16(10-3-5-11(22-2)6-4-10)17(19-23-9)12-7-13(18)15(21)8-14(12)20/h4-7,12-13,15,29-30H,8-11,14H2,1-3H3,(H,25,31);7-12,23-24H,6H2,1-3H3;3-8,20-21H,1-2H3. The van der Waals surface area contributed by atoms with Crippen molar-refractivity contribution < 1.29 is 49.2 Å². The Balaban J connectivity index is 0.000000160. The first-order chi connectivity index (χ1) is 38.4. The fraction of sp³-hybridized carbons (Fsp3) is 0.246. The highest BCUT2D eigenvalue weighted by molar-refractivity contribution is 9.10. The zero-order valence-corrected chi connectivity index (χ0v) is 47.1. The van der Waals surface area contributed by atoms with Gasteiger partial charge < -0.3 is 54.1 Å². The number of ether oxygens (including phenoxy) is 2. The molecule has 0 spiro atoms. The maximum atomic E-state index is 12.5. The Kier molecular flexibility index (Phi) is 18.0. The number of likely N-dealkylation sites (N-methyl/N-ethyl adjacent to an activating group) is 1. The molecule has 80 heavy (non-hydrogen) atoms. The molecule has 6 aromatic carbocycles. The zero-order chi connectivity index (χ0) is 57.4. The molecule has 18 nitrogen and oxygen atoms in total. The van der Waals surface area contributed by atoms with Crippen molar-refractivity contribution in [2.24, 2.45) is 0 Å². The molecule has 0 unspecified atom stereocenters. The molecule has 1 aliphatic rings. The van der Waals surface area contributed by atoms with Gasteiger partial charge in [-0.2, -0.15) is 5.10 Å². The molecular weight excluding hydrogens is 1090 g/mol. The van der Waals surface area contributed by atoms with E-state index in [4.69, 9.17) is 18.5 Å². The van der Waals surface area contributed by atoms with E-state index in [0.29, 0.717) is 73.1 Å². The lowest BCUT2D eigenvalue weighted by molar-refractivity contribution is 0.148. The van der Waals surface area contributed by atoms with Crippen molar-refractivity contribution in [2.45, 2.75) is 53.5 Å². The van der Waals surface area contributed by atoms with Crippen LogP contribution in [0.5, 0.6) is 46.0 Å². The lowest BCUT2D eigenvalue weighted by atomic mass is 9.97. The Hall–Kier alpha value is -8.96. The summed E-state index contributed by atoms with van der Waals surface area (Å²) in [5, 5.41) is 75.5. The number of H-pyrrole nitrogens is 1. The highest BCUT2D eigenvalue weighted by atomic mass is 79.9. The van der Waals surface area contributed by atoms with Crippen molar-refractivity contribution in [2.75, 3.05) is 47.4 Å². The van der Waals surface area contributed by atoms with Gasteiger partial charge in [0.1, 0.15) is 57.5 Å². The van der Waals surface area contributed by atoms with Gasteiger partial charge in [0.05, 0.1) is 52.3 Å². The molecule has 1 aliphatic heterocycles. The maximum Gasteiger partial charge on any atom is 0.348 e. The number of piperazine rings is 1. The van der Waals surface area contributed by atoms with Gasteiger partial charge in [-0.05, 0) is 127 Å². The molecule has 0 bridgehead atoms. The monoisotopic (exact) mass is 1150 g/mol. The number of phenolic OH excluding ortho intramolecular Hbond substituents is 6. The molecule has 0 saturated carbocycles. The fourth-order valence-electron chi connectivity index (χ4n) is 9.14. The molecule has 9 aromatic rings. The molecule has 0 radical (unpaired) electrons. The third-order valence-electron chi connectivity index (χ3n) is 13.6. The van der Waals surface area contributed by atoms with Crippen LogP contribution in [0, 0.1) is 25.7 Å². The normalized spacial score (nSPS) is 12.5. The van der Waals surface area contributed by atoms with E-state index >= 15 is 0 Å². The van der Waals surface area contributed by atoms with E-state index in [9.17, 15) is 35.4 Å². The minimum absolute atomic E-state index is 0.00349. The lowest BCUT2D eigenvalue weighted by Gasteiger charge is -2.32. The first kappa shape index (κ1) is 57.2. The topological polar surface area (TPSA) is 249 Å². The Morgan fingerprint density at radius 3 is 1.89 bits per heavy atom. The number of methoxy groups -OCH3 is 2. The molecule has 10 rings (SSSR count). The number of phenols is 6. The number of hydrogen-bond acceptors (Lipinski definition) is 16. The highest BCUT2D eigenvalue weighted by Crippen LogP contribution is 2.44. The number of aromatic amines is 1. The van der Waals surface area contributed by atoms with Crippen LogP contribution in [0.1, 0.15) is 54.8 Å². The minimum Gasteiger partial charge on any atom is -0.508 e. The van der Waals surface area contributed by atoms with Crippen molar-refractivity contribution >= 4 is 15.9 Å². The van der Waals surface area contributed by atoms with Gasteiger partial charge in [0, 0.05) is 68.5 Å². The number of nitrogens with zero attached hydrogens (tertiary/aromatic N) is 6. The van der Waals surface area contributed by atoms with Gasteiger partial charge >= 0.3 is 5.69 Å². The van der Waals surface area contributed by atoms with E-state index in [0.717, 1.165) is 66.5 Å². The van der Waals surface area contributed by atoms with Gasteiger partial charge in [-0.1, -0.05) is 66.5 Å². The van der Waals surface area contributed by atoms with Crippen molar-refractivity contribution in [1.29, 1.82) is 0 Å². The number of halogens is 1. The van der Waals surface area contributed by atoms with Crippen molar-refractivity contribution in [3.05, 3.63) is 152 Å². The number of aryl methyl sites for hydroxylation is 2. The largest absolute Gasteiger partial charge is 0.508 e. The Morgan fingerprint density at radius 1 is 0.688 bits per heavy atom. The third-order valence-corrected chi connectivity index (χ3v) is 14.2. The summed E-state index contributed by atoms with van der Waals surface area (Å²) in [5.74, 6) is 8.32. The molecule has 1 fully saturated rings. The molecule has 0 atom stereocenters. The van der Waals surface area contributed by atoms with E-state index in [1.54, 1.807) is 39.3 Å². The highest BCUT2D eigenvalue weighted by Gasteiger charge is 2.24. The van der Waals surface area contributed by atoms with Crippen LogP contribution < -0.4 is 15.2 Å². The summed E-state index contributed by atoms with van der Waals surface area (Å²) in [4.78, 5) is 17.3. The second-order valence-corrected chi connectivity index (χ2v) is 20.2. The fourth-order valence-corrected chi connectivity index (χ4v) is 9.49. The van der Waals surface area contributed by atoms with Crippen molar-refractivity contribution in [1.82, 2.24) is 34.9 Å². The van der Waals surface area contributed by atoms with Crippen LogP contribution >= 0.6 is 15.9 Å². The van der Waals surface area contributed by atoms with Gasteiger partial charge in [-0.3, -0.25) is 4.90 Å². The average molecular weight is 1150 g/mol. The Morgan fingerprint density at radius 2 is 1.27 bits per heavy atom. The van der Waals surface area contributed by atoms with Crippen LogP contribution in [0.4, 0.5) is 0 Å².